The van der Waals surface area contributed by atoms with Crippen LogP contribution < -0.4 is 15.4 Å². The van der Waals surface area contributed by atoms with Crippen LogP contribution in [-0.2, 0) is 16.1 Å². The summed E-state index contributed by atoms with van der Waals surface area (Å²) in [5, 5.41) is 6.85. The maximum absolute atomic E-state index is 12.1. The molecule has 3 rings (SSSR count). The molecule has 0 aliphatic carbocycles. The average molecular weight is 389 g/mol. The van der Waals surface area contributed by atoms with E-state index in [2.05, 4.69) is 10.6 Å². The fourth-order valence-corrected chi connectivity index (χ4v) is 3.17. The van der Waals surface area contributed by atoms with E-state index < -0.39 is 0 Å². The van der Waals surface area contributed by atoms with E-state index in [1.165, 1.54) is 0 Å². The van der Waals surface area contributed by atoms with Gasteiger partial charge in [-0.05, 0) is 50.1 Å². The number of benzene rings is 2. The van der Waals surface area contributed by atoms with Crippen LogP contribution in [0.2, 0.25) is 5.02 Å². The summed E-state index contributed by atoms with van der Waals surface area (Å²) in [5.74, 6) is 0.449. The quantitative estimate of drug-likeness (QED) is 0.719. The monoisotopic (exact) mass is 388 g/mol. The number of hydrogen-bond acceptors (Lipinski definition) is 4. The molecule has 1 amide bonds. The molecular formula is C21H25ClN2O3. The minimum absolute atomic E-state index is 0.0613. The van der Waals surface area contributed by atoms with Gasteiger partial charge in [0, 0.05) is 36.0 Å². The van der Waals surface area contributed by atoms with E-state index in [-0.39, 0.29) is 18.6 Å². The summed E-state index contributed by atoms with van der Waals surface area (Å²) in [5.41, 5.74) is 2.82. The molecule has 5 nitrogen and oxygen atoms in total. The van der Waals surface area contributed by atoms with Gasteiger partial charge in [-0.3, -0.25) is 4.79 Å². The van der Waals surface area contributed by atoms with Gasteiger partial charge < -0.3 is 20.1 Å². The predicted molar refractivity (Wildman–Crippen MR) is 107 cm³/mol. The van der Waals surface area contributed by atoms with Crippen LogP contribution in [0.25, 0.3) is 0 Å². The highest BCUT2D eigenvalue weighted by atomic mass is 35.5. The number of anilines is 1. The Kier molecular flexibility index (Phi) is 7.10. The largest absolute Gasteiger partial charge is 0.483 e. The number of hydrogen-bond donors (Lipinski definition) is 2. The van der Waals surface area contributed by atoms with Gasteiger partial charge in [0.2, 0.25) is 0 Å². The predicted octanol–water partition coefficient (Wildman–Crippen LogP) is 3.93. The summed E-state index contributed by atoms with van der Waals surface area (Å²) >= 11 is 6.12. The van der Waals surface area contributed by atoms with E-state index in [1.807, 2.05) is 37.3 Å². The lowest BCUT2D eigenvalue weighted by atomic mass is 10.2. The smallest absolute Gasteiger partial charge is 0.262 e. The summed E-state index contributed by atoms with van der Waals surface area (Å²) < 4.78 is 11.3. The molecule has 1 heterocycles. The van der Waals surface area contributed by atoms with Crippen molar-refractivity contribution < 1.29 is 14.3 Å². The molecule has 1 aliphatic rings. The molecule has 2 N–H and O–H groups in total. The Bertz CT molecular complexity index is 759. The molecule has 2 aromatic rings. The maximum Gasteiger partial charge on any atom is 0.262 e. The highest BCUT2D eigenvalue weighted by molar-refractivity contribution is 6.30. The minimum atomic E-state index is -0.202. The van der Waals surface area contributed by atoms with Crippen molar-refractivity contribution >= 4 is 23.2 Å². The number of aryl methyl sites for hydroxylation is 1. The zero-order valence-corrected chi connectivity index (χ0v) is 16.2. The first kappa shape index (κ1) is 19.7. The molecule has 1 saturated heterocycles. The van der Waals surface area contributed by atoms with E-state index in [1.54, 1.807) is 12.1 Å². The number of amides is 1. The number of rotatable bonds is 8. The van der Waals surface area contributed by atoms with E-state index in [0.29, 0.717) is 17.3 Å². The van der Waals surface area contributed by atoms with Crippen molar-refractivity contribution in [3.8, 4) is 5.75 Å². The molecule has 0 spiro atoms. The second-order valence-corrected chi connectivity index (χ2v) is 7.16. The third kappa shape index (κ3) is 6.24. The van der Waals surface area contributed by atoms with Crippen molar-refractivity contribution in [1.29, 1.82) is 0 Å². The Morgan fingerprint density at radius 2 is 2.07 bits per heavy atom. The number of carbonyl (C=O) groups is 1. The van der Waals surface area contributed by atoms with Gasteiger partial charge in [-0.1, -0.05) is 29.3 Å². The highest BCUT2D eigenvalue weighted by Crippen LogP contribution is 2.23. The fraction of sp³-hybridized carbons (Fsp3) is 0.381. The molecule has 6 heteroatoms. The van der Waals surface area contributed by atoms with Crippen LogP contribution >= 0.6 is 11.6 Å². The van der Waals surface area contributed by atoms with Crippen LogP contribution in [0, 0.1) is 6.92 Å². The molecule has 0 saturated carbocycles. The summed E-state index contributed by atoms with van der Waals surface area (Å²) in [4.78, 5) is 12.1. The molecule has 0 bridgehead atoms. The molecular weight excluding hydrogens is 364 g/mol. The summed E-state index contributed by atoms with van der Waals surface area (Å²) in [6.07, 6.45) is 2.48. The van der Waals surface area contributed by atoms with Crippen LogP contribution in [0.1, 0.15) is 24.0 Å². The Hall–Kier alpha value is -2.08. The van der Waals surface area contributed by atoms with Crippen molar-refractivity contribution in [2.24, 2.45) is 0 Å². The van der Waals surface area contributed by atoms with Gasteiger partial charge in [0.15, 0.2) is 6.61 Å². The SMILES string of the molecule is Cc1ccc(NC(=O)COc2ccc(Cl)cc2CNCC2CCCO2)cc1. The molecule has 27 heavy (non-hydrogen) atoms. The number of carbonyl (C=O) groups excluding carboxylic acids is 1. The maximum atomic E-state index is 12.1. The zero-order valence-electron chi connectivity index (χ0n) is 15.5. The van der Waals surface area contributed by atoms with Gasteiger partial charge >= 0.3 is 0 Å². The lowest BCUT2D eigenvalue weighted by Crippen LogP contribution is -2.26. The minimum Gasteiger partial charge on any atom is -0.483 e. The first-order chi connectivity index (χ1) is 13.1. The van der Waals surface area contributed by atoms with E-state index in [4.69, 9.17) is 21.1 Å². The molecule has 2 aromatic carbocycles. The van der Waals surface area contributed by atoms with Crippen LogP contribution in [0.5, 0.6) is 5.75 Å². The number of nitrogens with one attached hydrogen (secondary N) is 2. The van der Waals surface area contributed by atoms with Gasteiger partial charge in [-0.2, -0.15) is 0 Å². The molecule has 1 fully saturated rings. The Labute approximate surface area is 165 Å². The van der Waals surface area contributed by atoms with Gasteiger partial charge in [-0.25, -0.2) is 0 Å². The van der Waals surface area contributed by atoms with Crippen molar-refractivity contribution in [2.45, 2.75) is 32.4 Å². The van der Waals surface area contributed by atoms with Crippen LogP contribution in [0.3, 0.4) is 0 Å². The first-order valence-corrected chi connectivity index (χ1v) is 9.58. The second-order valence-electron chi connectivity index (χ2n) is 6.72. The molecule has 0 radical (unpaired) electrons. The van der Waals surface area contributed by atoms with Gasteiger partial charge in [0.1, 0.15) is 5.75 Å². The molecule has 1 unspecified atom stereocenters. The molecule has 1 atom stereocenters. The Morgan fingerprint density at radius 1 is 1.26 bits per heavy atom. The molecule has 0 aromatic heterocycles. The summed E-state index contributed by atoms with van der Waals surface area (Å²) in [7, 11) is 0. The van der Waals surface area contributed by atoms with E-state index >= 15 is 0 Å². The first-order valence-electron chi connectivity index (χ1n) is 9.20. The molecule has 144 valence electrons. The average Bonchev–Trinajstić information content (AvgIpc) is 3.16. The second kappa shape index (κ2) is 9.74. The van der Waals surface area contributed by atoms with Crippen molar-refractivity contribution in [1.82, 2.24) is 5.32 Å². The number of halogens is 1. The lowest BCUT2D eigenvalue weighted by molar-refractivity contribution is -0.118. The summed E-state index contributed by atoms with van der Waals surface area (Å²) in [6, 6.07) is 13.1. The molecule has 1 aliphatic heterocycles. The lowest BCUT2D eigenvalue weighted by Gasteiger charge is -2.14. The van der Waals surface area contributed by atoms with Crippen LogP contribution in [0.4, 0.5) is 5.69 Å². The van der Waals surface area contributed by atoms with Crippen molar-refractivity contribution in [3.05, 3.63) is 58.6 Å². The summed E-state index contributed by atoms with van der Waals surface area (Å²) in [6.45, 7) is 4.18. The Morgan fingerprint density at radius 3 is 2.81 bits per heavy atom. The Balaban J connectivity index is 1.52. The van der Waals surface area contributed by atoms with Crippen LogP contribution in [-0.4, -0.2) is 31.8 Å². The van der Waals surface area contributed by atoms with Crippen molar-refractivity contribution in [3.63, 3.8) is 0 Å². The third-order valence-corrected chi connectivity index (χ3v) is 4.66. The van der Waals surface area contributed by atoms with Gasteiger partial charge in [0.25, 0.3) is 5.91 Å². The normalized spacial score (nSPS) is 16.3. The highest BCUT2D eigenvalue weighted by Gasteiger charge is 2.15. The van der Waals surface area contributed by atoms with Gasteiger partial charge in [0.05, 0.1) is 6.10 Å². The standard InChI is InChI=1S/C21H25ClN2O3/c1-15-4-7-18(8-5-15)24-21(25)14-27-20-9-6-17(22)11-16(20)12-23-13-19-3-2-10-26-19/h4-9,11,19,23H,2-3,10,12-14H2,1H3,(H,24,25). The zero-order chi connectivity index (χ0) is 19.1. The van der Waals surface area contributed by atoms with E-state index in [9.17, 15) is 4.79 Å². The third-order valence-electron chi connectivity index (χ3n) is 4.43. The van der Waals surface area contributed by atoms with Crippen LogP contribution in [0.15, 0.2) is 42.5 Å². The van der Waals surface area contributed by atoms with Crippen molar-refractivity contribution in [2.75, 3.05) is 25.1 Å². The van der Waals surface area contributed by atoms with Gasteiger partial charge in [-0.15, -0.1) is 0 Å². The fourth-order valence-electron chi connectivity index (χ4n) is 2.98. The topological polar surface area (TPSA) is 59.6 Å². The van der Waals surface area contributed by atoms with E-state index in [0.717, 1.165) is 42.8 Å². The number of ether oxygens (including phenoxy) is 2.